The van der Waals surface area contributed by atoms with E-state index in [2.05, 4.69) is 26.3 Å². The van der Waals surface area contributed by atoms with E-state index in [1.165, 1.54) is 0 Å². The molecule has 0 radical (unpaired) electrons. The molecule has 1 heterocycles. The Kier molecular flexibility index (Phi) is 6.50. The van der Waals surface area contributed by atoms with Crippen LogP contribution in [0.1, 0.15) is 10.4 Å². The van der Waals surface area contributed by atoms with E-state index in [1.807, 2.05) is 0 Å². The van der Waals surface area contributed by atoms with Gasteiger partial charge in [0.25, 0.3) is 5.91 Å². The molecule has 0 saturated heterocycles. The lowest BCUT2D eigenvalue weighted by Gasteiger charge is -2.18. The van der Waals surface area contributed by atoms with Crippen molar-refractivity contribution in [1.82, 2.24) is 16.0 Å². The molecule has 2 amide bonds. The summed E-state index contributed by atoms with van der Waals surface area (Å²) in [6, 6.07) is 6.72. The maximum atomic E-state index is 13.0. The van der Waals surface area contributed by atoms with Gasteiger partial charge in [0.2, 0.25) is 5.91 Å². The highest BCUT2D eigenvalue weighted by atomic mass is 19.1. The summed E-state index contributed by atoms with van der Waals surface area (Å²) in [5, 5.41) is 10.9. The highest BCUT2D eigenvalue weighted by molar-refractivity contribution is 5.99. The van der Waals surface area contributed by atoms with E-state index in [1.54, 1.807) is 24.3 Å². The Morgan fingerprint density at radius 1 is 1.38 bits per heavy atom. The maximum absolute atomic E-state index is 13.0. The lowest BCUT2D eigenvalue weighted by atomic mass is 10.2. The second-order valence-corrected chi connectivity index (χ2v) is 5.19. The van der Waals surface area contributed by atoms with Gasteiger partial charge in [-0.1, -0.05) is 6.07 Å². The van der Waals surface area contributed by atoms with Crippen molar-refractivity contribution in [3.05, 3.63) is 29.8 Å². The fourth-order valence-corrected chi connectivity index (χ4v) is 2.01. The monoisotopic (exact) mass is 336 g/mol. The first kappa shape index (κ1) is 17.7. The molecule has 0 saturated carbocycles. The van der Waals surface area contributed by atoms with Crippen molar-refractivity contribution in [3.63, 3.8) is 0 Å². The quantitative estimate of drug-likeness (QED) is 0.466. The molecule has 1 aromatic carbocycles. The van der Waals surface area contributed by atoms with E-state index in [9.17, 15) is 14.0 Å². The van der Waals surface area contributed by atoms with Crippen LogP contribution in [0.4, 0.5) is 10.1 Å². The molecule has 1 atom stereocenters. The summed E-state index contributed by atoms with van der Waals surface area (Å²) >= 11 is 0. The molecular weight excluding hydrogens is 315 g/mol. The molecule has 0 bridgehead atoms. The van der Waals surface area contributed by atoms with Gasteiger partial charge in [0.05, 0.1) is 19.6 Å². The molecule has 24 heavy (non-hydrogen) atoms. The number of nitrogens with two attached hydrogens (primary N) is 1. The number of carbonyl (C=O) groups excluding carboxylic acids is 2. The Bertz CT molecular complexity index is 622. The van der Waals surface area contributed by atoms with E-state index in [0.29, 0.717) is 30.3 Å². The standard InChI is InChI=1S/C15H21FN6O2/c16-11-7-20-15(21-8-11)22-12-3-1-2-10(6-12)14(24)19-9-13(23)18-5-4-17/h1-3,6,11H,4-5,7-9,17H2,(H,18,23)(H,19,24)(H2,20,21,22). The smallest absolute Gasteiger partial charge is 0.251 e. The van der Waals surface area contributed by atoms with E-state index in [-0.39, 0.29) is 31.4 Å². The first-order valence-corrected chi connectivity index (χ1v) is 7.63. The molecule has 8 nitrogen and oxygen atoms in total. The highest BCUT2D eigenvalue weighted by Gasteiger charge is 2.14. The van der Waals surface area contributed by atoms with Crippen LogP contribution in [-0.4, -0.2) is 56.7 Å². The van der Waals surface area contributed by atoms with Gasteiger partial charge in [0.1, 0.15) is 6.17 Å². The molecule has 0 aromatic heterocycles. The fourth-order valence-electron chi connectivity index (χ4n) is 2.01. The molecule has 6 N–H and O–H groups in total. The normalized spacial score (nSPS) is 16.6. The van der Waals surface area contributed by atoms with Crippen molar-refractivity contribution in [1.29, 1.82) is 0 Å². The lowest BCUT2D eigenvalue weighted by molar-refractivity contribution is -0.120. The third kappa shape index (κ3) is 5.51. The predicted octanol–water partition coefficient (Wildman–Crippen LogP) is -0.799. The molecule has 0 aliphatic carbocycles. The van der Waals surface area contributed by atoms with Crippen molar-refractivity contribution < 1.29 is 14.0 Å². The topological polar surface area (TPSA) is 121 Å². The number of rotatable bonds is 6. The second kappa shape index (κ2) is 8.82. The van der Waals surface area contributed by atoms with Crippen LogP contribution in [-0.2, 0) is 4.79 Å². The number of nitrogens with one attached hydrogen (secondary N) is 4. The number of aliphatic imine (C=N–C) groups is 1. The van der Waals surface area contributed by atoms with Gasteiger partial charge < -0.3 is 27.0 Å². The number of benzene rings is 1. The zero-order valence-corrected chi connectivity index (χ0v) is 13.1. The molecule has 0 spiro atoms. The Labute approximate surface area is 139 Å². The average Bonchev–Trinajstić information content (AvgIpc) is 2.60. The van der Waals surface area contributed by atoms with Crippen LogP contribution >= 0.6 is 0 Å². The molecule has 1 aliphatic heterocycles. The van der Waals surface area contributed by atoms with Gasteiger partial charge in [-0.25, -0.2) is 9.38 Å². The molecular formula is C15H21FN6O2. The fraction of sp³-hybridized carbons (Fsp3) is 0.400. The van der Waals surface area contributed by atoms with Crippen LogP contribution in [0, 0.1) is 0 Å². The van der Waals surface area contributed by atoms with E-state index >= 15 is 0 Å². The van der Waals surface area contributed by atoms with E-state index in [0.717, 1.165) is 0 Å². The van der Waals surface area contributed by atoms with Gasteiger partial charge in [-0.3, -0.25) is 9.59 Å². The molecule has 9 heteroatoms. The Hall–Kier alpha value is -2.68. The number of hydrogen-bond acceptors (Lipinski definition) is 6. The molecule has 1 aromatic rings. The number of anilines is 1. The highest BCUT2D eigenvalue weighted by Crippen LogP contribution is 2.11. The summed E-state index contributed by atoms with van der Waals surface area (Å²) in [6.07, 6.45) is -0.988. The lowest BCUT2D eigenvalue weighted by Crippen LogP contribution is -2.41. The van der Waals surface area contributed by atoms with Crippen molar-refractivity contribution in [2.24, 2.45) is 10.7 Å². The maximum Gasteiger partial charge on any atom is 0.251 e. The Morgan fingerprint density at radius 2 is 2.21 bits per heavy atom. The minimum Gasteiger partial charge on any atom is -0.353 e. The second-order valence-electron chi connectivity index (χ2n) is 5.19. The summed E-state index contributed by atoms with van der Waals surface area (Å²) in [6.45, 7) is 0.886. The largest absolute Gasteiger partial charge is 0.353 e. The number of nitrogens with zero attached hydrogens (tertiary/aromatic N) is 1. The van der Waals surface area contributed by atoms with E-state index in [4.69, 9.17) is 5.73 Å². The summed E-state index contributed by atoms with van der Waals surface area (Å²) in [5.41, 5.74) is 6.31. The number of amides is 2. The molecule has 0 fully saturated rings. The van der Waals surface area contributed by atoms with Crippen LogP contribution in [0.15, 0.2) is 29.3 Å². The molecule has 130 valence electrons. The van der Waals surface area contributed by atoms with Crippen LogP contribution in [0.5, 0.6) is 0 Å². The van der Waals surface area contributed by atoms with Crippen LogP contribution in [0.2, 0.25) is 0 Å². The van der Waals surface area contributed by atoms with Crippen molar-refractivity contribution in [3.8, 4) is 0 Å². The SMILES string of the molecule is NCCNC(=O)CNC(=O)c1cccc(NC2=NCC(F)CN2)c1. The summed E-state index contributed by atoms with van der Waals surface area (Å²) < 4.78 is 13.0. The van der Waals surface area contributed by atoms with Gasteiger partial charge in [-0.2, -0.15) is 0 Å². The Balaban J connectivity index is 1.89. The summed E-state index contributed by atoms with van der Waals surface area (Å²) in [4.78, 5) is 27.5. The first-order chi connectivity index (χ1) is 11.6. The molecule has 1 unspecified atom stereocenters. The van der Waals surface area contributed by atoms with E-state index < -0.39 is 6.17 Å². The average molecular weight is 336 g/mol. The summed E-state index contributed by atoms with van der Waals surface area (Å²) in [5.74, 6) is -0.212. The van der Waals surface area contributed by atoms with Crippen LogP contribution in [0.25, 0.3) is 0 Å². The number of guanidine groups is 1. The Morgan fingerprint density at radius 3 is 2.92 bits per heavy atom. The van der Waals surface area contributed by atoms with Gasteiger partial charge in [0, 0.05) is 24.3 Å². The van der Waals surface area contributed by atoms with Crippen LogP contribution < -0.4 is 27.0 Å². The van der Waals surface area contributed by atoms with Crippen LogP contribution in [0.3, 0.4) is 0 Å². The third-order valence-corrected chi connectivity index (χ3v) is 3.20. The van der Waals surface area contributed by atoms with Crippen molar-refractivity contribution in [2.75, 3.05) is 38.0 Å². The molecule has 2 rings (SSSR count). The third-order valence-electron chi connectivity index (χ3n) is 3.20. The minimum absolute atomic E-state index is 0.105. The zero-order chi connectivity index (χ0) is 17.4. The minimum atomic E-state index is -0.988. The van der Waals surface area contributed by atoms with Gasteiger partial charge in [-0.05, 0) is 18.2 Å². The number of hydrogen-bond donors (Lipinski definition) is 5. The number of halogens is 1. The van der Waals surface area contributed by atoms with Gasteiger partial charge in [-0.15, -0.1) is 0 Å². The van der Waals surface area contributed by atoms with Gasteiger partial charge in [0.15, 0.2) is 5.96 Å². The van der Waals surface area contributed by atoms with Crippen molar-refractivity contribution in [2.45, 2.75) is 6.17 Å². The first-order valence-electron chi connectivity index (χ1n) is 7.63. The number of alkyl halides is 1. The molecule has 1 aliphatic rings. The van der Waals surface area contributed by atoms with Gasteiger partial charge >= 0.3 is 0 Å². The number of carbonyl (C=O) groups is 2. The predicted molar refractivity (Wildman–Crippen MR) is 89.7 cm³/mol. The van der Waals surface area contributed by atoms with Crippen molar-refractivity contribution >= 4 is 23.5 Å². The summed E-state index contributed by atoms with van der Waals surface area (Å²) in [7, 11) is 0. The zero-order valence-electron chi connectivity index (χ0n) is 13.1.